The zero-order chi connectivity index (χ0) is 22.8. The fourth-order valence-electron chi connectivity index (χ4n) is 4.33. The molecule has 0 amide bonds. The van der Waals surface area contributed by atoms with Crippen molar-refractivity contribution in [3.05, 3.63) is 58.6 Å². The van der Waals surface area contributed by atoms with E-state index < -0.39 is 32.1 Å². The van der Waals surface area contributed by atoms with Crippen LogP contribution in [0.3, 0.4) is 0 Å². The van der Waals surface area contributed by atoms with Gasteiger partial charge < -0.3 is 9.57 Å². The molecule has 31 heavy (non-hydrogen) atoms. The zero-order valence-corrected chi connectivity index (χ0v) is 19.3. The van der Waals surface area contributed by atoms with E-state index in [9.17, 15) is 17.2 Å². The molecular formula is C22H26ClF2NO4S. The molecule has 1 saturated carbocycles. The van der Waals surface area contributed by atoms with E-state index in [4.69, 9.17) is 16.3 Å². The molecular weight excluding hydrogens is 448 g/mol. The maximum absolute atomic E-state index is 14.8. The average Bonchev–Trinajstić information content (AvgIpc) is 2.76. The number of benzene rings is 2. The Hall–Kier alpha value is -1.74. The molecule has 0 N–H and O–H groups in total. The van der Waals surface area contributed by atoms with Gasteiger partial charge >= 0.3 is 0 Å². The van der Waals surface area contributed by atoms with Crippen LogP contribution in [0.2, 0.25) is 5.02 Å². The van der Waals surface area contributed by atoms with Crippen LogP contribution in [0, 0.1) is 17.6 Å². The predicted octanol–water partition coefficient (Wildman–Crippen LogP) is 4.98. The van der Waals surface area contributed by atoms with E-state index in [2.05, 4.69) is 4.84 Å². The monoisotopic (exact) mass is 473 g/mol. The highest BCUT2D eigenvalue weighted by Crippen LogP contribution is 2.56. The number of fused-ring (bicyclic) bond motifs is 3. The summed E-state index contributed by atoms with van der Waals surface area (Å²) in [7, 11) is 1.29. The van der Waals surface area contributed by atoms with Crippen molar-refractivity contribution in [3.8, 4) is 5.75 Å². The second-order valence-corrected chi connectivity index (χ2v) is 10.5. The van der Waals surface area contributed by atoms with Crippen LogP contribution < -0.4 is 4.74 Å². The highest BCUT2D eigenvalue weighted by molar-refractivity contribution is 7.92. The van der Waals surface area contributed by atoms with Gasteiger partial charge in [-0.15, -0.1) is 0 Å². The van der Waals surface area contributed by atoms with Crippen LogP contribution in [-0.2, 0) is 19.4 Å². The number of ether oxygens (including phenoxy) is 1. The van der Waals surface area contributed by atoms with Crippen LogP contribution in [0.1, 0.15) is 31.2 Å². The third-order valence-corrected chi connectivity index (χ3v) is 8.74. The summed E-state index contributed by atoms with van der Waals surface area (Å²) in [5.74, 6) is -2.19. The summed E-state index contributed by atoms with van der Waals surface area (Å²) in [6, 6.07) is 7.78. The van der Waals surface area contributed by atoms with Crippen molar-refractivity contribution in [3.63, 3.8) is 0 Å². The van der Waals surface area contributed by atoms with Crippen molar-refractivity contribution in [1.82, 2.24) is 5.06 Å². The molecule has 2 atom stereocenters. The maximum Gasteiger partial charge on any atom is 0.188 e. The Bertz CT molecular complexity index is 1030. The van der Waals surface area contributed by atoms with Crippen LogP contribution in [0.5, 0.6) is 5.75 Å². The number of hydroxylamine groups is 2. The largest absolute Gasteiger partial charge is 0.490 e. The minimum atomic E-state index is -4.00. The van der Waals surface area contributed by atoms with Crippen molar-refractivity contribution in [2.45, 2.75) is 35.3 Å². The summed E-state index contributed by atoms with van der Waals surface area (Å²) in [4.78, 5) is 4.64. The van der Waals surface area contributed by atoms with E-state index >= 15 is 0 Å². The third-order valence-electron chi connectivity index (χ3n) is 5.89. The standard InChI is InChI=1S/C19H17ClF2O3S.C3H9NO/c20-13-4-6-14(7-5-13)26(23,24)19-10-2-1-3-12(19)11-25-18-16(22)9-8-15(21)17(18)19;1-4(2)5-3/h4-9,12H,1-3,10-11H2;1-3H3/t12?,19-;/m0./s1. The van der Waals surface area contributed by atoms with Gasteiger partial charge in [0.1, 0.15) is 10.6 Å². The lowest BCUT2D eigenvalue weighted by molar-refractivity contribution is -0.0855. The quantitative estimate of drug-likeness (QED) is 0.588. The van der Waals surface area contributed by atoms with Crippen LogP contribution in [0.4, 0.5) is 8.78 Å². The molecule has 1 heterocycles. The fraction of sp³-hybridized carbons (Fsp3) is 0.455. The van der Waals surface area contributed by atoms with E-state index in [1.165, 1.54) is 24.3 Å². The molecule has 1 aliphatic carbocycles. The molecule has 2 aliphatic rings. The van der Waals surface area contributed by atoms with Gasteiger partial charge in [-0.25, -0.2) is 17.2 Å². The van der Waals surface area contributed by atoms with E-state index in [1.54, 1.807) is 12.2 Å². The molecule has 0 radical (unpaired) electrons. The van der Waals surface area contributed by atoms with E-state index in [1.807, 2.05) is 14.1 Å². The molecule has 0 saturated heterocycles. The van der Waals surface area contributed by atoms with Gasteiger partial charge in [-0.05, 0) is 49.2 Å². The Kier molecular flexibility index (Phi) is 7.25. The number of hydrogen-bond donors (Lipinski definition) is 0. The molecule has 0 bridgehead atoms. The highest BCUT2D eigenvalue weighted by Gasteiger charge is 2.58. The second-order valence-electron chi connectivity index (χ2n) is 7.83. The molecule has 4 rings (SSSR count). The molecule has 2 aromatic carbocycles. The molecule has 0 aromatic heterocycles. The number of rotatable bonds is 3. The van der Waals surface area contributed by atoms with Gasteiger partial charge in [0.05, 0.1) is 24.2 Å². The van der Waals surface area contributed by atoms with Crippen molar-refractivity contribution < 1.29 is 26.8 Å². The summed E-state index contributed by atoms with van der Waals surface area (Å²) in [5.41, 5.74) is -0.164. The topological polar surface area (TPSA) is 55.8 Å². The predicted molar refractivity (Wildman–Crippen MR) is 115 cm³/mol. The smallest absolute Gasteiger partial charge is 0.188 e. The van der Waals surface area contributed by atoms with E-state index in [0.29, 0.717) is 17.9 Å². The SMILES string of the molecule is CON(C)C.O=S(=O)(c1ccc(Cl)cc1)[C@@]12CCCCC1COc1c(F)ccc(F)c12. The van der Waals surface area contributed by atoms with E-state index in [-0.39, 0.29) is 29.2 Å². The number of nitrogens with zero attached hydrogens (tertiary/aromatic N) is 1. The zero-order valence-electron chi connectivity index (χ0n) is 17.7. The molecule has 5 nitrogen and oxygen atoms in total. The van der Waals surface area contributed by atoms with Gasteiger partial charge in [0.25, 0.3) is 0 Å². The van der Waals surface area contributed by atoms with Crippen LogP contribution in [-0.4, -0.2) is 41.3 Å². The molecule has 1 unspecified atom stereocenters. The third kappa shape index (κ3) is 4.31. The Balaban J connectivity index is 0.000000491. The van der Waals surface area contributed by atoms with Crippen molar-refractivity contribution in [1.29, 1.82) is 0 Å². The van der Waals surface area contributed by atoms with Crippen LogP contribution >= 0.6 is 11.6 Å². The van der Waals surface area contributed by atoms with Crippen LogP contribution in [0.15, 0.2) is 41.3 Å². The molecule has 9 heteroatoms. The lowest BCUT2D eigenvalue weighted by atomic mass is 9.73. The fourth-order valence-corrected chi connectivity index (χ4v) is 6.87. The molecule has 170 valence electrons. The summed E-state index contributed by atoms with van der Waals surface area (Å²) in [6.45, 7) is 0.0557. The normalized spacial score (nSPS) is 22.6. The van der Waals surface area contributed by atoms with Gasteiger partial charge in [-0.2, -0.15) is 5.06 Å². The Morgan fingerprint density at radius 3 is 2.32 bits per heavy atom. The van der Waals surface area contributed by atoms with Gasteiger partial charge in [0.15, 0.2) is 21.4 Å². The molecule has 0 spiro atoms. The minimum absolute atomic E-state index is 0.0557. The van der Waals surface area contributed by atoms with Gasteiger partial charge in [-0.3, -0.25) is 0 Å². The highest BCUT2D eigenvalue weighted by atomic mass is 35.5. The number of sulfone groups is 1. The number of halogens is 3. The second kappa shape index (κ2) is 9.40. The Morgan fingerprint density at radius 1 is 1.10 bits per heavy atom. The summed E-state index contributed by atoms with van der Waals surface area (Å²) in [5, 5.41) is 2.03. The first-order valence-electron chi connectivity index (χ1n) is 9.98. The van der Waals surface area contributed by atoms with Crippen molar-refractivity contribution in [2.24, 2.45) is 5.92 Å². The van der Waals surface area contributed by atoms with Crippen molar-refractivity contribution in [2.75, 3.05) is 27.8 Å². The lowest BCUT2D eigenvalue weighted by Gasteiger charge is -2.47. The molecule has 1 aliphatic heterocycles. The Morgan fingerprint density at radius 2 is 1.71 bits per heavy atom. The van der Waals surface area contributed by atoms with E-state index in [0.717, 1.165) is 18.6 Å². The average molecular weight is 474 g/mol. The summed E-state index contributed by atoms with van der Waals surface area (Å²) >= 11 is 5.89. The first kappa shape index (κ1) is 23.9. The van der Waals surface area contributed by atoms with Crippen molar-refractivity contribution >= 4 is 21.4 Å². The van der Waals surface area contributed by atoms with Crippen LogP contribution in [0.25, 0.3) is 0 Å². The van der Waals surface area contributed by atoms with Gasteiger partial charge in [0.2, 0.25) is 0 Å². The minimum Gasteiger partial charge on any atom is -0.490 e. The van der Waals surface area contributed by atoms with Gasteiger partial charge in [-0.1, -0.05) is 24.4 Å². The maximum atomic E-state index is 14.8. The number of hydrogen-bond acceptors (Lipinski definition) is 5. The summed E-state index contributed by atoms with van der Waals surface area (Å²) in [6.07, 6.45) is 2.28. The molecule has 1 fully saturated rings. The first-order valence-corrected chi connectivity index (χ1v) is 11.8. The van der Waals surface area contributed by atoms with Gasteiger partial charge in [0, 0.05) is 25.0 Å². The first-order chi connectivity index (χ1) is 14.6. The summed E-state index contributed by atoms with van der Waals surface area (Å²) < 4.78 is 60.5. The Labute approximate surface area is 186 Å². The lowest BCUT2D eigenvalue weighted by Crippen LogP contribution is -2.50. The molecule has 2 aromatic rings.